The molecule has 0 radical (unpaired) electrons. The number of thiophene rings is 1. The van der Waals surface area contributed by atoms with Gasteiger partial charge in [-0.3, -0.25) is 9.69 Å². The third-order valence-corrected chi connectivity index (χ3v) is 6.11. The number of nitrogens with zero attached hydrogens (tertiary/aromatic N) is 2. The molecular weight excluding hydrogens is 334 g/mol. The summed E-state index contributed by atoms with van der Waals surface area (Å²) in [4.78, 5) is 28.0. The number of aryl methyl sites for hydroxylation is 1. The second kappa shape index (κ2) is 5.31. The van der Waals surface area contributed by atoms with Gasteiger partial charge < -0.3 is 10.1 Å². The molecule has 1 spiro atoms. The van der Waals surface area contributed by atoms with Crippen molar-refractivity contribution in [2.75, 3.05) is 7.11 Å². The molecule has 120 valence electrons. The molecule has 0 aromatic carbocycles. The first-order valence-corrected chi connectivity index (χ1v) is 9.05. The highest BCUT2D eigenvalue weighted by atomic mass is 32.1. The van der Waals surface area contributed by atoms with E-state index in [4.69, 9.17) is 4.74 Å². The van der Waals surface area contributed by atoms with Gasteiger partial charge in [-0.2, -0.15) is 4.37 Å². The summed E-state index contributed by atoms with van der Waals surface area (Å²) in [7, 11) is 1.53. The second-order valence-corrected chi connectivity index (χ2v) is 7.32. The Morgan fingerprint density at radius 1 is 1.48 bits per heavy atom. The number of hydrogen-bond donors (Lipinski definition) is 1. The largest absolute Gasteiger partial charge is 0.480 e. The lowest BCUT2D eigenvalue weighted by Crippen LogP contribution is -2.46. The van der Waals surface area contributed by atoms with Gasteiger partial charge in [-0.1, -0.05) is 0 Å². The van der Waals surface area contributed by atoms with Crippen molar-refractivity contribution in [1.82, 2.24) is 14.6 Å². The van der Waals surface area contributed by atoms with Crippen LogP contribution in [0.2, 0.25) is 0 Å². The molecule has 8 heteroatoms. The number of fused-ring (bicyclic) bond motifs is 2. The molecule has 1 aliphatic heterocycles. The van der Waals surface area contributed by atoms with Gasteiger partial charge in [0, 0.05) is 21.4 Å². The Morgan fingerprint density at radius 3 is 3.17 bits per heavy atom. The predicted molar refractivity (Wildman–Crippen MR) is 86.7 cm³/mol. The van der Waals surface area contributed by atoms with Crippen molar-refractivity contribution in [2.24, 2.45) is 0 Å². The van der Waals surface area contributed by atoms with Crippen LogP contribution in [-0.2, 0) is 23.3 Å². The monoisotopic (exact) mass is 349 g/mol. The number of carbonyl (C=O) groups is 2. The molecule has 0 bridgehead atoms. The molecule has 1 fully saturated rings. The van der Waals surface area contributed by atoms with Gasteiger partial charge in [-0.05, 0) is 42.2 Å². The molecule has 1 unspecified atom stereocenters. The van der Waals surface area contributed by atoms with Crippen molar-refractivity contribution in [3.05, 3.63) is 32.8 Å². The van der Waals surface area contributed by atoms with Crippen LogP contribution in [0.15, 0.2) is 16.8 Å². The first-order chi connectivity index (χ1) is 11.2. The zero-order valence-electron chi connectivity index (χ0n) is 12.5. The minimum Gasteiger partial charge on any atom is -0.480 e. The van der Waals surface area contributed by atoms with Crippen LogP contribution in [0, 0.1) is 0 Å². The van der Waals surface area contributed by atoms with Gasteiger partial charge in [0.05, 0.1) is 13.7 Å². The number of amides is 3. The van der Waals surface area contributed by atoms with Gasteiger partial charge in [-0.25, -0.2) is 4.79 Å². The van der Waals surface area contributed by atoms with E-state index in [9.17, 15) is 9.59 Å². The van der Waals surface area contributed by atoms with Crippen molar-refractivity contribution >= 4 is 34.8 Å². The summed E-state index contributed by atoms with van der Waals surface area (Å²) < 4.78 is 9.29. The SMILES string of the molecule is COc1nscc1CN1C(=O)NC2(CCCc3sccc32)C1=O. The van der Waals surface area contributed by atoms with Crippen LogP contribution in [0.5, 0.6) is 5.88 Å². The lowest BCUT2D eigenvalue weighted by Gasteiger charge is -2.31. The van der Waals surface area contributed by atoms with E-state index >= 15 is 0 Å². The summed E-state index contributed by atoms with van der Waals surface area (Å²) in [5.74, 6) is 0.298. The Kier molecular flexibility index (Phi) is 3.38. The second-order valence-electron chi connectivity index (χ2n) is 5.69. The molecule has 1 aliphatic carbocycles. The first kappa shape index (κ1) is 14.6. The number of aromatic nitrogens is 1. The summed E-state index contributed by atoms with van der Waals surface area (Å²) in [6.07, 6.45) is 2.52. The van der Waals surface area contributed by atoms with Gasteiger partial charge in [0.15, 0.2) is 0 Å². The summed E-state index contributed by atoms with van der Waals surface area (Å²) in [5.41, 5.74) is 0.825. The number of carbonyl (C=O) groups excluding carboxylic acids is 2. The standard InChI is InChI=1S/C15H15N3O3S2/c1-21-12-9(8-23-17-12)7-18-13(19)15(16-14(18)20)5-2-3-11-10(15)4-6-22-11/h4,6,8H,2-3,5,7H2,1H3,(H,16,20). The Bertz CT molecular complexity index is 785. The van der Waals surface area contributed by atoms with Gasteiger partial charge in [0.1, 0.15) is 5.54 Å². The highest BCUT2D eigenvalue weighted by Gasteiger charge is 2.54. The van der Waals surface area contributed by atoms with E-state index < -0.39 is 5.54 Å². The van der Waals surface area contributed by atoms with Gasteiger partial charge >= 0.3 is 6.03 Å². The normalized spacial score (nSPS) is 23.3. The molecule has 1 N–H and O–H groups in total. The zero-order valence-corrected chi connectivity index (χ0v) is 14.1. The number of hydrogen-bond acceptors (Lipinski definition) is 6. The molecule has 0 saturated carbocycles. The molecule has 1 atom stereocenters. The van der Waals surface area contributed by atoms with Gasteiger partial charge in [-0.15, -0.1) is 11.3 Å². The molecule has 2 aromatic rings. The van der Waals surface area contributed by atoms with Crippen LogP contribution in [0.3, 0.4) is 0 Å². The Labute approximate surface area is 141 Å². The number of methoxy groups -OCH3 is 1. The number of urea groups is 1. The zero-order chi connectivity index (χ0) is 16.0. The number of rotatable bonds is 3. The maximum Gasteiger partial charge on any atom is 0.325 e. The van der Waals surface area contributed by atoms with E-state index in [1.54, 1.807) is 16.7 Å². The fourth-order valence-electron chi connectivity index (χ4n) is 3.38. The van der Waals surface area contributed by atoms with Crippen LogP contribution in [0.4, 0.5) is 4.79 Å². The molecule has 2 aromatic heterocycles. The minimum atomic E-state index is -0.888. The number of imide groups is 1. The lowest BCUT2D eigenvalue weighted by atomic mass is 9.80. The summed E-state index contributed by atoms with van der Waals surface area (Å²) in [6, 6.07) is 1.62. The van der Waals surface area contributed by atoms with E-state index in [0.717, 1.165) is 24.0 Å². The maximum atomic E-state index is 13.1. The molecule has 6 nitrogen and oxygen atoms in total. The molecule has 1 saturated heterocycles. The van der Waals surface area contributed by atoms with Crippen LogP contribution in [-0.4, -0.2) is 28.3 Å². The topological polar surface area (TPSA) is 71.5 Å². The molecule has 2 aliphatic rings. The highest BCUT2D eigenvalue weighted by Crippen LogP contribution is 2.42. The van der Waals surface area contributed by atoms with Crippen molar-refractivity contribution in [1.29, 1.82) is 0 Å². The van der Waals surface area contributed by atoms with E-state index in [2.05, 4.69) is 9.69 Å². The van der Waals surface area contributed by atoms with E-state index in [1.807, 2.05) is 11.4 Å². The third-order valence-electron chi connectivity index (χ3n) is 4.46. The van der Waals surface area contributed by atoms with E-state index in [0.29, 0.717) is 12.3 Å². The van der Waals surface area contributed by atoms with Crippen LogP contribution in [0.1, 0.15) is 28.8 Å². The van der Waals surface area contributed by atoms with Gasteiger partial charge in [0.2, 0.25) is 5.88 Å². The average molecular weight is 349 g/mol. The molecule has 3 amide bonds. The average Bonchev–Trinajstić information content (AvgIpc) is 3.24. The fourth-order valence-corrected chi connectivity index (χ4v) is 5.02. The molecule has 4 rings (SSSR count). The smallest absolute Gasteiger partial charge is 0.325 e. The first-order valence-electron chi connectivity index (χ1n) is 7.34. The highest BCUT2D eigenvalue weighted by molar-refractivity contribution is 7.10. The summed E-state index contributed by atoms with van der Waals surface area (Å²) in [5, 5.41) is 6.75. The third kappa shape index (κ3) is 2.08. The van der Waals surface area contributed by atoms with Crippen molar-refractivity contribution in [2.45, 2.75) is 31.3 Å². The number of nitrogens with one attached hydrogen (secondary N) is 1. The van der Waals surface area contributed by atoms with Crippen LogP contribution < -0.4 is 10.1 Å². The minimum absolute atomic E-state index is 0.171. The Hall–Kier alpha value is -1.93. The van der Waals surface area contributed by atoms with Crippen molar-refractivity contribution in [3.8, 4) is 5.88 Å². The number of ether oxygens (including phenoxy) is 1. The Morgan fingerprint density at radius 2 is 2.35 bits per heavy atom. The summed E-state index contributed by atoms with van der Waals surface area (Å²) in [6.45, 7) is 0.186. The quantitative estimate of drug-likeness (QED) is 0.864. The predicted octanol–water partition coefficient (Wildman–Crippen LogP) is 2.50. The van der Waals surface area contributed by atoms with Crippen LogP contribution >= 0.6 is 22.9 Å². The van der Waals surface area contributed by atoms with Crippen LogP contribution in [0.25, 0.3) is 0 Å². The van der Waals surface area contributed by atoms with Crippen molar-refractivity contribution < 1.29 is 14.3 Å². The fraction of sp³-hybridized carbons (Fsp3) is 0.400. The molecule has 23 heavy (non-hydrogen) atoms. The van der Waals surface area contributed by atoms with Gasteiger partial charge in [0.25, 0.3) is 5.91 Å². The Balaban J connectivity index is 1.68. The summed E-state index contributed by atoms with van der Waals surface area (Å²) >= 11 is 2.90. The molecule has 3 heterocycles. The van der Waals surface area contributed by atoms with E-state index in [1.165, 1.54) is 28.4 Å². The maximum absolute atomic E-state index is 13.1. The van der Waals surface area contributed by atoms with Crippen molar-refractivity contribution in [3.63, 3.8) is 0 Å². The lowest BCUT2D eigenvalue weighted by molar-refractivity contribution is -0.132. The van der Waals surface area contributed by atoms with E-state index in [-0.39, 0.29) is 18.5 Å². The molecular formula is C15H15N3O3S2.